The summed E-state index contributed by atoms with van der Waals surface area (Å²) in [4.78, 5) is 29.1. The zero-order chi connectivity index (χ0) is 20.2. The number of aromatic nitrogens is 2. The Morgan fingerprint density at radius 2 is 1.66 bits per heavy atom. The highest BCUT2D eigenvalue weighted by molar-refractivity contribution is 5.86. The van der Waals surface area contributed by atoms with E-state index in [1.807, 2.05) is 36.4 Å². The lowest BCUT2D eigenvalue weighted by Gasteiger charge is -2.10. The summed E-state index contributed by atoms with van der Waals surface area (Å²) in [6.07, 6.45) is 1.49. The van der Waals surface area contributed by atoms with E-state index in [2.05, 4.69) is 10.1 Å². The van der Waals surface area contributed by atoms with Gasteiger partial charge in [-0.3, -0.25) is 9.59 Å². The van der Waals surface area contributed by atoms with Crippen molar-refractivity contribution in [2.45, 2.75) is 6.92 Å². The first-order valence-electron chi connectivity index (χ1n) is 9.02. The van der Waals surface area contributed by atoms with Gasteiger partial charge in [0.1, 0.15) is 5.75 Å². The smallest absolute Gasteiger partial charge is 0.308 e. The second kappa shape index (κ2) is 7.90. The summed E-state index contributed by atoms with van der Waals surface area (Å²) in [6.45, 7) is 1.33. The molecule has 3 aromatic carbocycles. The number of carbonyl (C=O) groups is 1. The summed E-state index contributed by atoms with van der Waals surface area (Å²) < 4.78 is 6.48. The number of rotatable bonds is 4. The van der Waals surface area contributed by atoms with Crippen molar-refractivity contribution in [2.75, 3.05) is 0 Å². The van der Waals surface area contributed by atoms with Crippen LogP contribution in [-0.4, -0.2) is 21.8 Å². The van der Waals surface area contributed by atoms with Gasteiger partial charge in [-0.2, -0.15) is 9.78 Å². The minimum absolute atomic E-state index is 0.282. The van der Waals surface area contributed by atoms with Crippen LogP contribution in [0.15, 0.2) is 88.8 Å². The Morgan fingerprint density at radius 3 is 2.45 bits per heavy atom. The van der Waals surface area contributed by atoms with Crippen molar-refractivity contribution in [3.05, 3.63) is 94.8 Å². The van der Waals surface area contributed by atoms with E-state index < -0.39 is 5.97 Å². The molecule has 0 unspecified atom stereocenters. The number of benzene rings is 3. The maximum absolute atomic E-state index is 13.1. The van der Waals surface area contributed by atoms with Gasteiger partial charge in [0.05, 0.1) is 17.1 Å². The fourth-order valence-electron chi connectivity index (χ4n) is 2.96. The number of esters is 1. The average molecular weight is 383 g/mol. The van der Waals surface area contributed by atoms with Gasteiger partial charge in [0, 0.05) is 18.1 Å². The highest BCUT2D eigenvalue weighted by atomic mass is 16.5. The summed E-state index contributed by atoms with van der Waals surface area (Å²) in [5.41, 5.74) is 1.65. The topological polar surface area (TPSA) is 73.5 Å². The minimum Gasteiger partial charge on any atom is -0.426 e. The second-order valence-corrected chi connectivity index (χ2v) is 6.31. The van der Waals surface area contributed by atoms with Crippen molar-refractivity contribution in [1.82, 2.24) is 9.66 Å². The fourth-order valence-corrected chi connectivity index (χ4v) is 2.96. The number of fused-ring (bicyclic) bond motifs is 1. The molecule has 1 aromatic heterocycles. The van der Waals surface area contributed by atoms with Gasteiger partial charge in [0.2, 0.25) is 0 Å². The predicted octanol–water partition coefficient (Wildman–Crippen LogP) is 3.87. The largest absolute Gasteiger partial charge is 0.426 e. The lowest BCUT2D eigenvalue weighted by atomic mass is 10.2. The van der Waals surface area contributed by atoms with Crippen LogP contribution < -0.4 is 10.3 Å². The van der Waals surface area contributed by atoms with Crippen LogP contribution in [0.4, 0.5) is 0 Å². The molecule has 0 aliphatic rings. The maximum atomic E-state index is 13.1. The average Bonchev–Trinajstić information content (AvgIpc) is 2.74. The first-order valence-corrected chi connectivity index (χ1v) is 9.02. The maximum Gasteiger partial charge on any atom is 0.308 e. The van der Waals surface area contributed by atoms with Crippen molar-refractivity contribution in [2.24, 2.45) is 5.10 Å². The molecule has 142 valence electrons. The Kier molecular flexibility index (Phi) is 4.99. The summed E-state index contributed by atoms with van der Waals surface area (Å²) in [7, 11) is 0. The van der Waals surface area contributed by atoms with E-state index in [-0.39, 0.29) is 5.56 Å². The molecule has 4 aromatic rings. The molecule has 0 aliphatic carbocycles. The Labute approximate surface area is 166 Å². The number of carbonyl (C=O) groups excluding carboxylic acids is 1. The molecule has 4 rings (SSSR count). The van der Waals surface area contributed by atoms with Crippen molar-refractivity contribution < 1.29 is 9.53 Å². The first-order chi connectivity index (χ1) is 14.1. The molecular formula is C23H17N3O3. The molecule has 0 N–H and O–H groups in total. The van der Waals surface area contributed by atoms with Crippen molar-refractivity contribution in [3.63, 3.8) is 0 Å². The van der Waals surface area contributed by atoms with Gasteiger partial charge in [0.25, 0.3) is 5.56 Å². The van der Waals surface area contributed by atoms with Crippen LogP contribution in [-0.2, 0) is 4.79 Å². The third-order valence-corrected chi connectivity index (χ3v) is 4.27. The van der Waals surface area contributed by atoms with E-state index >= 15 is 0 Å². The number of hydrogen-bond acceptors (Lipinski definition) is 5. The zero-order valence-electron chi connectivity index (χ0n) is 15.6. The van der Waals surface area contributed by atoms with Gasteiger partial charge in [-0.1, -0.05) is 54.6 Å². The number of para-hydroxylation sites is 2. The van der Waals surface area contributed by atoms with Crippen LogP contribution in [0.1, 0.15) is 12.5 Å². The van der Waals surface area contributed by atoms with E-state index in [4.69, 9.17) is 4.74 Å². The summed E-state index contributed by atoms with van der Waals surface area (Å²) in [5, 5.41) is 4.87. The molecule has 0 aliphatic heterocycles. The van der Waals surface area contributed by atoms with Gasteiger partial charge in [-0.15, -0.1) is 0 Å². The molecular weight excluding hydrogens is 366 g/mol. The van der Waals surface area contributed by atoms with E-state index in [9.17, 15) is 9.59 Å². The molecule has 0 saturated heterocycles. The Hall–Kier alpha value is -4.06. The van der Waals surface area contributed by atoms with Gasteiger partial charge < -0.3 is 4.74 Å². The van der Waals surface area contributed by atoms with Crippen LogP contribution in [0.3, 0.4) is 0 Å². The number of nitrogens with zero attached hydrogens (tertiary/aromatic N) is 3. The van der Waals surface area contributed by atoms with Gasteiger partial charge in [-0.25, -0.2) is 4.98 Å². The molecule has 0 saturated carbocycles. The normalized spacial score (nSPS) is 11.1. The number of hydrogen-bond donors (Lipinski definition) is 0. The third kappa shape index (κ3) is 3.82. The van der Waals surface area contributed by atoms with Crippen molar-refractivity contribution in [1.29, 1.82) is 0 Å². The van der Waals surface area contributed by atoms with Gasteiger partial charge >= 0.3 is 5.97 Å². The monoisotopic (exact) mass is 383 g/mol. The number of ether oxygens (including phenoxy) is 1. The highest BCUT2D eigenvalue weighted by Gasteiger charge is 2.12. The van der Waals surface area contributed by atoms with Crippen LogP contribution in [0.2, 0.25) is 0 Å². The fraction of sp³-hybridized carbons (Fsp3) is 0.0435. The molecule has 6 nitrogen and oxygen atoms in total. The van der Waals surface area contributed by atoms with Crippen LogP contribution >= 0.6 is 0 Å². The summed E-state index contributed by atoms with van der Waals surface area (Å²) in [5.74, 6) is 0.364. The molecule has 0 spiro atoms. The highest BCUT2D eigenvalue weighted by Crippen LogP contribution is 2.20. The predicted molar refractivity (Wildman–Crippen MR) is 112 cm³/mol. The first kappa shape index (κ1) is 18.3. The van der Waals surface area contributed by atoms with E-state index in [0.717, 1.165) is 5.56 Å². The Morgan fingerprint density at radius 1 is 0.966 bits per heavy atom. The van der Waals surface area contributed by atoms with E-state index in [1.54, 1.807) is 42.5 Å². The minimum atomic E-state index is -0.430. The quantitative estimate of drug-likeness (QED) is 0.305. The van der Waals surface area contributed by atoms with Crippen LogP contribution in [0, 0.1) is 0 Å². The van der Waals surface area contributed by atoms with Gasteiger partial charge in [0.15, 0.2) is 5.82 Å². The third-order valence-electron chi connectivity index (χ3n) is 4.27. The van der Waals surface area contributed by atoms with Crippen molar-refractivity contribution >= 4 is 23.1 Å². The summed E-state index contributed by atoms with van der Waals surface area (Å²) in [6, 6.07) is 23.5. The molecule has 0 fully saturated rings. The zero-order valence-corrected chi connectivity index (χ0v) is 15.6. The molecule has 0 radical (unpaired) electrons. The van der Waals surface area contributed by atoms with E-state index in [1.165, 1.54) is 17.8 Å². The molecule has 0 amide bonds. The molecule has 29 heavy (non-hydrogen) atoms. The molecule has 1 heterocycles. The SMILES string of the molecule is CC(=O)Oc1ccccc1C=Nn1c(-c2ccccc2)nc2ccccc2c1=O. The molecule has 6 heteroatoms. The van der Waals surface area contributed by atoms with Gasteiger partial charge in [-0.05, 0) is 24.3 Å². The van der Waals surface area contributed by atoms with Crippen LogP contribution in [0.5, 0.6) is 5.75 Å². The molecule has 0 atom stereocenters. The lowest BCUT2D eigenvalue weighted by Crippen LogP contribution is -2.20. The molecule has 0 bridgehead atoms. The lowest BCUT2D eigenvalue weighted by molar-refractivity contribution is -0.131. The summed E-state index contributed by atoms with van der Waals surface area (Å²) >= 11 is 0. The Bertz CT molecular complexity index is 1280. The van der Waals surface area contributed by atoms with Crippen molar-refractivity contribution in [3.8, 4) is 17.1 Å². The standard InChI is InChI=1S/C23H17N3O3/c1-16(27)29-21-14-8-5-11-18(21)15-24-26-22(17-9-3-2-4-10-17)25-20-13-7-6-12-19(20)23(26)28/h2-15H,1H3. The van der Waals surface area contributed by atoms with Crippen LogP contribution in [0.25, 0.3) is 22.3 Å². The van der Waals surface area contributed by atoms with E-state index in [0.29, 0.717) is 28.0 Å². The Balaban J connectivity index is 1.90. The second-order valence-electron chi connectivity index (χ2n) is 6.31.